The Balaban J connectivity index is 1.36. The summed E-state index contributed by atoms with van der Waals surface area (Å²) in [5.74, 6) is 0.958. The summed E-state index contributed by atoms with van der Waals surface area (Å²) in [6, 6.07) is 12.9. The summed E-state index contributed by atoms with van der Waals surface area (Å²) in [6.07, 6.45) is 4.10. The second-order valence-electron chi connectivity index (χ2n) is 7.76. The Morgan fingerprint density at radius 1 is 1.14 bits per heavy atom. The van der Waals surface area contributed by atoms with E-state index < -0.39 is 6.04 Å². The lowest BCUT2D eigenvalue weighted by molar-refractivity contribution is -0.136. The summed E-state index contributed by atoms with van der Waals surface area (Å²) in [7, 11) is 0. The van der Waals surface area contributed by atoms with E-state index in [2.05, 4.69) is 12.1 Å². The second-order valence-corrected chi connectivity index (χ2v) is 8.61. The van der Waals surface area contributed by atoms with Crippen molar-refractivity contribution in [3.63, 3.8) is 0 Å². The molecule has 0 radical (unpaired) electrons. The first-order chi connectivity index (χ1) is 13.5. The molecule has 1 fully saturated rings. The number of aryl methyl sites for hydroxylation is 1. The van der Waals surface area contributed by atoms with E-state index >= 15 is 0 Å². The maximum atomic E-state index is 12.8. The van der Waals surface area contributed by atoms with Crippen LogP contribution in [-0.4, -0.2) is 35.5 Å². The van der Waals surface area contributed by atoms with Gasteiger partial charge in [-0.15, -0.1) is 0 Å². The molecule has 0 saturated carbocycles. The Labute approximate surface area is 175 Å². The van der Waals surface area contributed by atoms with Crippen LogP contribution in [-0.2, 0) is 17.6 Å². The number of piperidine rings is 1. The van der Waals surface area contributed by atoms with Crippen molar-refractivity contribution in [2.75, 3.05) is 13.1 Å². The lowest BCUT2D eigenvalue weighted by Gasteiger charge is -2.45. The van der Waals surface area contributed by atoms with E-state index in [4.69, 9.17) is 33.7 Å². The zero-order valence-corrected chi connectivity index (χ0v) is 17.2. The van der Waals surface area contributed by atoms with Crippen molar-refractivity contribution in [1.82, 2.24) is 4.90 Å². The Morgan fingerprint density at radius 2 is 1.89 bits per heavy atom. The Morgan fingerprint density at radius 3 is 2.64 bits per heavy atom. The molecule has 4 nitrogen and oxygen atoms in total. The molecule has 148 valence electrons. The number of benzene rings is 2. The van der Waals surface area contributed by atoms with Crippen LogP contribution in [0.5, 0.6) is 5.75 Å². The number of hydrogen-bond acceptors (Lipinski definition) is 3. The molecular weight excluding hydrogens is 395 g/mol. The van der Waals surface area contributed by atoms with Gasteiger partial charge >= 0.3 is 0 Å². The lowest BCUT2D eigenvalue weighted by atomic mass is 9.83. The molecule has 2 aromatic rings. The number of halogens is 2. The van der Waals surface area contributed by atoms with Crippen LogP contribution in [0.3, 0.4) is 0 Å². The fraction of sp³-hybridized carbons (Fsp3) is 0.409. The summed E-state index contributed by atoms with van der Waals surface area (Å²) < 4.78 is 6.37. The van der Waals surface area contributed by atoms with Crippen LogP contribution < -0.4 is 10.5 Å². The highest BCUT2D eigenvalue weighted by Crippen LogP contribution is 2.39. The number of fused-ring (bicyclic) bond motifs is 1. The van der Waals surface area contributed by atoms with Gasteiger partial charge in [0.2, 0.25) is 5.91 Å². The van der Waals surface area contributed by atoms with Gasteiger partial charge in [-0.25, -0.2) is 0 Å². The lowest BCUT2D eigenvalue weighted by Crippen LogP contribution is -2.54. The van der Waals surface area contributed by atoms with Crippen molar-refractivity contribution >= 4 is 29.1 Å². The van der Waals surface area contributed by atoms with Gasteiger partial charge in [-0.2, -0.15) is 0 Å². The molecule has 2 aromatic carbocycles. The van der Waals surface area contributed by atoms with Gasteiger partial charge in [0.15, 0.2) is 0 Å². The Hall–Kier alpha value is -1.75. The largest absolute Gasteiger partial charge is 0.487 e. The molecule has 1 saturated heterocycles. The van der Waals surface area contributed by atoms with Crippen LogP contribution in [0.2, 0.25) is 10.0 Å². The summed E-state index contributed by atoms with van der Waals surface area (Å²) in [5.41, 5.74) is 8.16. The number of carbonyl (C=O) groups is 1. The van der Waals surface area contributed by atoms with Crippen molar-refractivity contribution in [2.45, 2.75) is 43.7 Å². The molecule has 2 aliphatic rings. The number of carbonyl (C=O) groups excluding carboxylic acids is 1. The molecule has 1 spiro atoms. The molecule has 0 aromatic heterocycles. The quantitative estimate of drug-likeness (QED) is 0.810. The van der Waals surface area contributed by atoms with Gasteiger partial charge in [-0.1, -0.05) is 47.5 Å². The van der Waals surface area contributed by atoms with Gasteiger partial charge in [0.05, 0.1) is 6.04 Å². The third kappa shape index (κ3) is 4.00. The van der Waals surface area contributed by atoms with Crippen LogP contribution in [0.1, 0.15) is 30.4 Å². The third-order valence-corrected chi connectivity index (χ3v) is 6.49. The average Bonchev–Trinajstić information content (AvgIpc) is 2.70. The van der Waals surface area contributed by atoms with E-state index in [1.165, 1.54) is 5.56 Å². The molecule has 28 heavy (non-hydrogen) atoms. The zero-order chi connectivity index (χ0) is 19.7. The fourth-order valence-electron chi connectivity index (χ4n) is 4.19. The normalized spacial score (nSPS) is 19.0. The van der Waals surface area contributed by atoms with Crippen LogP contribution >= 0.6 is 23.2 Å². The smallest absolute Gasteiger partial charge is 0.239 e. The molecule has 1 atom stereocenters. The number of likely N-dealkylation sites (tertiary alicyclic amines) is 1. The summed E-state index contributed by atoms with van der Waals surface area (Å²) in [4.78, 5) is 14.7. The number of rotatable bonds is 3. The molecule has 0 bridgehead atoms. The van der Waals surface area contributed by atoms with Crippen molar-refractivity contribution in [3.8, 4) is 5.75 Å². The minimum Gasteiger partial charge on any atom is -0.487 e. The first kappa shape index (κ1) is 19.6. The highest BCUT2D eigenvalue weighted by Gasteiger charge is 2.40. The minimum atomic E-state index is -0.610. The van der Waals surface area contributed by atoms with Gasteiger partial charge in [0.25, 0.3) is 0 Å². The number of nitrogens with zero attached hydrogens (tertiary/aromatic N) is 1. The summed E-state index contributed by atoms with van der Waals surface area (Å²) in [5, 5.41) is 1.12. The van der Waals surface area contributed by atoms with Gasteiger partial charge in [0.1, 0.15) is 11.4 Å². The molecular formula is C22H24Cl2N2O2. The van der Waals surface area contributed by atoms with Crippen molar-refractivity contribution in [2.24, 2.45) is 5.73 Å². The van der Waals surface area contributed by atoms with Crippen molar-refractivity contribution < 1.29 is 9.53 Å². The van der Waals surface area contributed by atoms with Crippen LogP contribution in [0.4, 0.5) is 0 Å². The first-order valence-electron chi connectivity index (χ1n) is 9.71. The predicted octanol–water partition coefficient (Wildman–Crippen LogP) is 4.25. The van der Waals surface area contributed by atoms with E-state index in [0.717, 1.165) is 37.0 Å². The number of hydrogen-bond donors (Lipinski definition) is 1. The third-order valence-electron chi connectivity index (χ3n) is 5.91. The topological polar surface area (TPSA) is 55.6 Å². The SMILES string of the molecule is NC(Cc1ccc(Cl)cc1Cl)C(=O)N1CCC2(CCc3ccccc3O2)CC1. The average molecular weight is 419 g/mol. The Bertz CT molecular complexity index is 879. The van der Waals surface area contributed by atoms with E-state index in [1.807, 2.05) is 23.1 Å². The molecule has 2 N–H and O–H groups in total. The maximum absolute atomic E-state index is 12.8. The van der Waals surface area contributed by atoms with Crippen LogP contribution in [0.15, 0.2) is 42.5 Å². The summed E-state index contributed by atoms with van der Waals surface area (Å²) in [6.45, 7) is 1.34. The zero-order valence-electron chi connectivity index (χ0n) is 15.7. The molecule has 4 rings (SSSR count). The van der Waals surface area contributed by atoms with E-state index in [1.54, 1.807) is 12.1 Å². The maximum Gasteiger partial charge on any atom is 0.239 e. The number of ether oxygens (including phenoxy) is 1. The number of amides is 1. The van der Waals surface area contributed by atoms with Gasteiger partial charge in [-0.3, -0.25) is 4.79 Å². The van der Waals surface area contributed by atoms with Crippen LogP contribution in [0.25, 0.3) is 0 Å². The van der Waals surface area contributed by atoms with E-state index in [0.29, 0.717) is 29.6 Å². The highest BCUT2D eigenvalue weighted by atomic mass is 35.5. The Kier molecular flexibility index (Phi) is 5.55. The van der Waals surface area contributed by atoms with Crippen molar-refractivity contribution in [1.29, 1.82) is 0 Å². The highest BCUT2D eigenvalue weighted by molar-refractivity contribution is 6.35. The van der Waals surface area contributed by atoms with E-state index in [-0.39, 0.29) is 11.5 Å². The molecule has 2 aliphatic heterocycles. The van der Waals surface area contributed by atoms with Gasteiger partial charge in [-0.05, 0) is 48.6 Å². The fourth-order valence-corrected chi connectivity index (χ4v) is 4.67. The van der Waals surface area contributed by atoms with Crippen molar-refractivity contribution in [3.05, 3.63) is 63.6 Å². The minimum absolute atomic E-state index is 0.0305. The monoisotopic (exact) mass is 418 g/mol. The van der Waals surface area contributed by atoms with Gasteiger partial charge in [0, 0.05) is 36.0 Å². The number of para-hydroxylation sites is 1. The molecule has 6 heteroatoms. The molecule has 0 aliphatic carbocycles. The molecule has 2 heterocycles. The molecule has 1 unspecified atom stereocenters. The van der Waals surface area contributed by atoms with Crippen LogP contribution in [0, 0.1) is 0 Å². The van der Waals surface area contributed by atoms with Gasteiger partial charge < -0.3 is 15.4 Å². The first-order valence-corrected chi connectivity index (χ1v) is 10.5. The second kappa shape index (κ2) is 7.94. The predicted molar refractivity (Wildman–Crippen MR) is 112 cm³/mol. The van der Waals surface area contributed by atoms with E-state index in [9.17, 15) is 4.79 Å². The number of nitrogens with two attached hydrogens (primary N) is 1. The standard InChI is InChI=1S/C22H24Cl2N2O2/c23-17-6-5-16(18(24)14-17)13-19(25)21(27)26-11-9-22(10-12-26)8-7-15-3-1-2-4-20(15)28-22/h1-6,14,19H,7-13,25H2. The molecule has 1 amide bonds. The summed E-state index contributed by atoms with van der Waals surface area (Å²) >= 11 is 12.2.